The predicted molar refractivity (Wildman–Crippen MR) is 126 cm³/mol. The van der Waals surface area contributed by atoms with Crippen molar-refractivity contribution in [1.29, 1.82) is 0 Å². The average Bonchev–Trinajstić information content (AvgIpc) is 3.17. The van der Waals surface area contributed by atoms with Crippen molar-refractivity contribution in [3.63, 3.8) is 0 Å². The fraction of sp³-hybridized carbons (Fsp3) is 0.222. The molecule has 0 aliphatic rings. The molecule has 1 aromatic heterocycles. The normalized spacial score (nSPS) is 10.9. The first-order valence-electron chi connectivity index (χ1n) is 10.9. The highest BCUT2D eigenvalue weighted by molar-refractivity contribution is 5.95. The van der Waals surface area contributed by atoms with E-state index in [1.54, 1.807) is 0 Å². The molecule has 0 aliphatic heterocycles. The van der Waals surface area contributed by atoms with Crippen LogP contribution in [-0.4, -0.2) is 22.7 Å². The van der Waals surface area contributed by atoms with Crippen LogP contribution < -0.4 is 9.47 Å². The van der Waals surface area contributed by atoms with E-state index in [2.05, 4.69) is 18.0 Å². The number of carboxylic acid groups (broad SMARTS) is 1. The van der Waals surface area contributed by atoms with Crippen molar-refractivity contribution < 1.29 is 19.4 Å². The highest BCUT2D eigenvalue weighted by Gasteiger charge is 2.19. The summed E-state index contributed by atoms with van der Waals surface area (Å²) in [5.74, 6) is 0.433. The van der Waals surface area contributed by atoms with Crippen LogP contribution in [0.4, 0.5) is 0 Å². The number of H-pyrrole nitrogens is 1. The average molecular weight is 430 g/mol. The first kappa shape index (κ1) is 21.5. The number of carbonyl (C=O) groups is 1. The minimum Gasteiger partial charge on any atom is -0.490 e. The van der Waals surface area contributed by atoms with E-state index in [0.717, 1.165) is 45.3 Å². The van der Waals surface area contributed by atoms with E-state index in [1.165, 1.54) is 0 Å². The van der Waals surface area contributed by atoms with E-state index in [4.69, 9.17) is 9.47 Å². The molecule has 1 heterocycles. The molecule has 0 spiro atoms. The second kappa shape index (κ2) is 9.60. The van der Waals surface area contributed by atoms with Crippen molar-refractivity contribution in [3.05, 3.63) is 83.4 Å². The first-order valence-corrected chi connectivity index (χ1v) is 10.9. The quantitative estimate of drug-likeness (QED) is 0.342. The Morgan fingerprint density at radius 1 is 0.938 bits per heavy atom. The van der Waals surface area contributed by atoms with E-state index < -0.39 is 5.97 Å². The zero-order chi connectivity index (χ0) is 22.5. The van der Waals surface area contributed by atoms with E-state index in [-0.39, 0.29) is 6.42 Å². The number of hydrogen-bond acceptors (Lipinski definition) is 3. The molecule has 4 aromatic rings. The van der Waals surface area contributed by atoms with E-state index in [0.29, 0.717) is 24.7 Å². The summed E-state index contributed by atoms with van der Waals surface area (Å²) in [5, 5.41) is 10.5. The highest BCUT2D eigenvalue weighted by Crippen LogP contribution is 2.37. The molecule has 5 heteroatoms. The smallest absolute Gasteiger partial charge is 0.307 e. The summed E-state index contributed by atoms with van der Waals surface area (Å²) in [4.78, 5) is 15.1. The number of benzene rings is 3. The Hall–Kier alpha value is -3.73. The van der Waals surface area contributed by atoms with Gasteiger partial charge in [0.15, 0.2) is 11.5 Å². The van der Waals surface area contributed by atoms with Crippen molar-refractivity contribution in [2.24, 2.45) is 0 Å². The Balaban J connectivity index is 1.75. The summed E-state index contributed by atoms with van der Waals surface area (Å²) in [6.45, 7) is 4.97. The van der Waals surface area contributed by atoms with Crippen LogP contribution in [0.1, 0.15) is 30.5 Å². The fourth-order valence-electron chi connectivity index (χ4n) is 4.00. The van der Waals surface area contributed by atoms with Gasteiger partial charge in [-0.3, -0.25) is 4.79 Å². The SMILES string of the molecule is CCOc1cc(-c2[nH]c3c(CC)cccc3c2CC(=O)O)ccc1OCc1ccccc1. The van der Waals surface area contributed by atoms with Crippen LogP contribution in [0.15, 0.2) is 66.7 Å². The van der Waals surface area contributed by atoms with Gasteiger partial charge < -0.3 is 19.6 Å². The summed E-state index contributed by atoms with van der Waals surface area (Å²) in [7, 11) is 0. The van der Waals surface area contributed by atoms with Crippen LogP contribution in [0, 0.1) is 0 Å². The number of aromatic amines is 1. The number of aryl methyl sites for hydroxylation is 1. The number of ether oxygens (including phenoxy) is 2. The third kappa shape index (κ3) is 4.47. The summed E-state index contributed by atoms with van der Waals surface area (Å²) in [6, 6.07) is 21.8. The third-order valence-electron chi connectivity index (χ3n) is 5.51. The molecule has 4 rings (SSSR count). The topological polar surface area (TPSA) is 71.6 Å². The number of fused-ring (bicyclic) bond motifs is 1. The lowest BCUT2D eigenvalue weighted by Crippen LogP contribution is -2.02. The Kier molecular flexibility index (Phi) is 6.45. The van der Waals surface area contributed by atoms with Gasteiger partial charge in [0.25, 0.3) is 0 Å². The third-order valence-corrected chi connectivity index (χ3v) is 5.51. The van der Waals surface area contributed by atoms with Gasteiger partial charge in [0, 0.05) is 16.5 Å². The van der Waals surface area contributed by atoms with Crippen molar-refractivity contribution in [2.45, 2.75) is 33.3 Å². The fourth-order valence-corrected chi connectivity index (χ4v) is 4.00. The molecule has 0 amide bonds. The molecule has 2 N–H and O–H groups in total. The number of hydrogen-bond donors (Lipinski definition) is 2. The minimum atomic E-state index is -0.859. The van der Waals surface area contributed by atoms with Gasteiger partial charge >= 0.3 is 5.97 Å². The lowest BCUT2D eigenvalue weighted by molar-refractivity contribution is -0.136. The van der Waals surface area contributed by atoms with Crippen molar-refractivity contribution >= 4 is 16.9 Å². The first-order chi connectivity index (χ1) is 15.6. The Labute approximate surface area is 187 Å². The molecular weight excluding hydrogens is 402 g/mol. The molecule has 0 fully saturated rings. The van der Waals surface area contributed by atoms with E-state index >= 15 is 0 Å². The van der Waals surface area contributed by atoms with Crippen LogP contribution in [0.5, 0.6) is 11.5 Å². The van der Waals surface area contributed by atoms with Gasteiger partial charge in [-0.1, -0.05) is 55.5 Å². The second-order valence-corrected chi connectivity index (χ2v) is 7.61. The number of aliphatic carboxylic acids is 1. The number of rotatable bonds is 9. The summed E-state index contributed by atoms with van der Waals surface area (Å²) < 4.78 is 11.9. The molecule has 0 bridgehead atoms. The zero-order valence-electron chi connectivity index (χ0n) is 18.4. The maximum absolute atomic E-state index is 11.6. The van der Waals surface area contributed by atoms with Crippen LogP contribution in [-0.2, 0) is 24.2 Å². The monoisotopic (exact) mass is 429 g/mol. The largest absolute Gasteiger partial charge is 0.490 e. The van der Waals surface area contributed by atoms with Gasteiger partial charge in [0.1, 0.15) is 6.61 Å². The van der Waals surface area contributed by atoms with Crippen molar-refractivity contribution in [1.82, 2.24) is 4.98 Å². The minimum absolute atomic E-state index is 0.0568. The summed E-state index contributed by atoms with van der Waals surface area (Å²) >= 11 is 0. The van der Waals surface area contributed by atoms with E-state index in [9.17, 15) is 9.90 Å². The predicted octanol–water partition coefficient (Wildman–Crippen LogP) is 6.00. The lowest BCUT2D eigenvalue weighted by Gasteiger charge is -2.14. The maximum atomic E-state index is 11.6. The van der Waals surface area contributed by atoms with Gasteiger partial charge in [-0.2, -0.15) is 0 Å². The van der Waals surface area contributed by atoms with Crippen LogP contribution in [0.3, 0.4) is 0 Å². The van der Waals surface area contributed by atoms with Crippen LogP contribution >= 0.6 is 0 Å². The molecular formula is C27H27NO4. The molecule has 3 aromatic carbocycles. The van der Waals surface area contributed by atoms with Gasteiger partial charge in [0.05, 0.1) is 18.7 Å². The standard InChI is InChI=1S/C27H27NO4/c1-3-19-11-8-12-21-22(16-25(29)30)27(28-26(19)21)20-13-14-23(24(15-20)31-4-2)32-17-18-9-6-5-7-10-18/h5-15,28H,3-4,16-17H2,1-2H3,(H,29,30). The maximum Gasteiger partial charge on any atom is 0.307 e. The molecule has 32 heavy (non-hydrogen) atoms. The molecule has 164 valence electrons. The summed E-state index contributed by atoms with van der Waals surface area (Å²) in [6.07, 6.45) is 0.805. The zero-order valence-corrected chi connectivity index (χ0v) is 18.4. The Morgan fingerprint density at radius 2 is 1.75 bits per heavy atom. The number of nitrogens with one attached hydrogen (secondary N) is 1. The molecule has 5 nitrogen and oxygen atoms in total. The van der Waals surface area contributed by atoms with Gasteiger partial charge in [-0.05, 0) is 48.2 Å². The van der Waals surface area contributed by atoms with Crippen LogP contribution in [0.25, 0.3) is 22.2 Å². The summed E-state index contributed by atoms with van der Waals surface area (Å²) in [5.41, 5.74) is 5.68. The van der Waals surface area contributed by atoms with Gasteiger partial charge in [0.2, 0.25) is 0 Å². The Bertz CT molecular complexity index is 1230. The number of aromatic nitrogens is 1. The number of carboxylic acids is 1. The second-order valence-electron chi connectivity index (χ2n) is 7.61. The lowest BCUT2D eigenvalue weighted by atomic mass is 10.0. The van der Waals surface area contributed by atoms with Gasteiger partial charge in [-0.25, -0.2) is 0 Å². The molecule has 0 atom stereocenters. The molecule has 0 saturated heterocycles. The van der Waals surface area contributed by atoms with Crippen LogP contribution in [0.2, 0.25) is 0 Å². The highest BCUT2D eigenvalue weighted by atomic mass is 16.5. The number of para-hydroxylation sites is 1. The van der Waals surface area contributed by atoms with Gasteiger partial charge in [-0.15, -0.1) is 0 Å². The molecule has 0 radical (unpaired) electrons. The van der Waals surface area contributed by atoms with Crippen molar-refractivity contribution in [2.75, 3.05) is 6.61 Å². The molecule has 0 aliphatic carbocycles. The van der Waals surface area contributed by atoms with E-state index in [1.807, 2.05) is 67.6 Å². The Morgan fingerprint density at radius 3 is 2.47 bits per heavy atom. The molecule has 0 saturated carbocycles. The van der Waals surface area contributed by atoms with Crippen molar-refractivity contribution in [3.8, 4) is 22.8 Å². The molecule has 0 unspecified atom stereocenters.